The number of anilines is 1. The van der Waals surface area contributed by atoms with Gasteiger partial charge in [0.1, 0.15) is 11.6 Å². The number of hydrogen-bond donors (Lipinski definition) is 1. The first-order valence-corrected chi connectivity index (χ1v) is 12.4. The molecule has 0 atom stereocenters. The Morgan fingerprint density at radius 2 is 1.86 bits per heavy atom. The van der Waals surface area contributed by atoms with Gasteiger partial charge < -0.3 is 14.8 Å². The molecule has 1 N–H and O–H groups in total. The van der Waals surface area contributed by atoms with Gasteiger partial charge in [0.15, 0.2) is 18.1 Å². The van der Waals surface area contributed by atoms with Gasteiger partial charge in [0, 0.05) is 16.6 Å². The molecule has 0 unspecified atom stereocenters. The quantitative estimate of drug-likeness (QED) is 0.282. The van der Waals surface area contributed by atoms with Crippen molar-refractivity contribution in [3.63, 3.8) is 0 Å². The molecule has 0 saturated carbocycles. The summed E-state index contributed by atoms with van der Waals surface area (Å²) in [6.45, 7) is 3.85. The van der Waals surface area contributed by atoms with Gasteiger partial charge in [-0.3, -0.25) is 9.59 Å². The van der Waals surface area contributed by atoms with Crippen LogP contribution in [0.5, 0.6) is 11.5 Å². The zero-order valence-electron chi connectivity index (χ0n) is 20.2. The fourth-order valence-corrected chi connectivity index (χ4v) is 3.89. The van der Waals surface area contributed by atoms with Gasteiger partial charge in [-0.15, -0.1) is 0 Å². The molecule has 1 amide bonds. The summed E-state index contributed by atoms with van der Waals surface area (Å²) >= 11 is 3.39. The Balaban J connectivity index is 1.53. The van der Waals surface area contributed by atoms with Gasteiger partial charge in [-0.25, -0.2) is 9.37 Å². The Bertz CT molecular complexity index is 1520. The number of fused-ring (bicyclic) bond motifs is 1. The van der Waals surface area contributed by atoms with E-state index in [2.05, 4.69) is 31.3 Å². The summed E-state index contributed by atoms with van der Waals surface area (Å²) in [5.41, 5.74) is 1.47. The van der Waals surface area contributed by atoms with E-state index in [1.165, 1.54) is 28.9 Å². The van der Waals surface area contributed by atoms with Crippen molar-refractivity contribution in [1.82, 2.24) is 9.66 Å². The molecule has 0 aliphatic carbocycles. The van der Waals surface area contributed by atoms with Crippen LogP contribution in [0.1, 0.15) is 25.2 Å². The van der Waals surface area contributed by atoms with E-state index in [4.69, 9.17) is 9.47 Å². The maximum Gasteiger partial charge on any atom is 0.282 e. The number of aromatic nitrogens is 2. The number of halogens is 2. The SMILES string of the molecule is CCOc1cc(C=Nn2c(CC)nc3ccc(Br)cc3c2=O)ccc1OCC(=O)Nc1ccc(F)cc1. The number of hydrogen-bond acceptors (Lipinski definition) is 6. The minimum absolute atomic E-state index is 0.265. The Morgan fingerprint density at radius 1 is 1.08 bits per heavy atom. The smallest absolute Gasteiger partial charge is 0.282 e. The molecule has 190 valence electrons. The zero-order valence-corrected chi connectivity index (χ0v) is 21.8. The number of ether oxygens (including phenoxy) is 2. The van der Waals surface area contributed by atoms with Crippen molar-refractivity contribution in [3.8, 4) is 11.5 Å². The lowest BCUT2D eigenvalue weighted by Crippen LogP contribution is -2.22. The molecule has 1 heterocycles. The highest BCUT2D eigenvalue weighted by Crippen LogP contribution is 2.28. The third-order valence-corrected chi connectivity index (χ3v) is 5.76. The fraction of sp³-hybridized carbons (Fsp3) is 0.185. The van der Waals surface area contributed by atoms with Gasteiger partial charge in [0.05, 0.1) is 23.7 Å². The minimum Gasteiger partial charge on any atom is -0.490 e. The number of carbonyl (C=O) groups excluding carboxylic acids is 1. The minimum atomic E-state index is -0.401. The Hall–Kier alpha value is -4.05. The monoisotopic (exact) mass is 566 g/mol. The van der Waals surface area contributed by atoms with Gasteiger partial charge >= 0.3 is 0 Å². The van der Waals surface area contributed by atoms with Gasteiger partial charge in [-0.1, -0.05) is 22.9 Å². The van der Waals surface area contributed by atoms with Crippen molar-refractivity contribution in [2.75, 3.05) is 18.5 Å². The predicted molar refractivity (Wildman–Crippen MR) is 144 cm³/mol. The summed E-state index contributed by atoms with van der Waals surface area (Å²) in [4.78, 5) is 29.9. The average Bonchev–Trinajstić information content (AvgIpc) is 2.89. The van der Waals surface area contributed by atoms with Gasteiger partial charge in [-0.2, -0.15) is 9.78 Å². The van der Waals surface area contributed by atoms with Crippen molar-refractivity contribution < 1.29 is 18.7 Å². The molecular formula is C27H24BrFN4O4. The molecule has 10 heteroatoms. The van der Waals surface area contributed by atoms with E-state index in [1.807, 2.05) is 19.9 Å². The number of rotatable bonds is 9. The molecule has 0 aliphatic heterocycles. The van der Waals surface area contributed by atoms with Crippen molar-refractivity contribution in [1.29, 1.82) is 0 Å². The highest BCUT2D eigenvalue weighted by Gasteiger charge is 2.12. The molecule has 8 nitrogen and oxygen atoms in total. The Labute approximate surface area is 220 Å². The summed E-state index contributed by atoms with van der Waals surface area (Å²) in [5, 5.41) is 7.50. The van der Waals surface area contributed by atoms with E-state index in [1.54, 1.807) is 36.5 Å². The first-order chi connectivity index (χ1) is 17.9. The predicted octanol–water partition coefficient (Wildman–Crippen LogP) is 5.16. The van der Waals surface area contributed by atoms with Crippen LogP contribution >= 0.6 is 15.9 Å². The Morgan fingerprint density at radius 3 is 2.59 bits per heavy atom. The average molecular weight is 567 g/mol. The molecule has 0 aliphatic rings. The van der Waals surface area contributed by atoms with Crippen LogP contribution in [0.25, 0.3) is 10.9 Å². The van der Waals surface area contributed by atoms with E-state index in [0.29, 0.717) is 52.5 Å². The molecule has 1 aromatic heterocycles. The van der Waals surface area contributed by atoms with Crippen LogP contribution in [-0.4, -0.2) is 35.0 Å². The highest BCUT2D eigenvalue weighted by molar-refractivity contribution is 9.10. The van der Waals surface area contributed by atoms with Crippen LogP contribution in [0, 0.1) is 5.82 Å². The molecule has 4 aromatic rings. The molecular weight excluding hydrogens is 543 g/mol. The summed E-state index contributed by atoms with van der Waals surface area (Å²) < 4.78 is 26.5. The van der Waals surface area contributed by atoms with E-state index >= 15 is 0 Å². The summed E-state index contributed by atoms with van der Waals surface area (Å²) in [6, 6.07) is 15.9. The molecule has 0 fully saturated rings. The third-order valence-electron chi connectivity index (χ3n) is 5.27. The largest absolute Gasteiger partial charge is 0.490 e. The lowest BCUT2D eigenvalue weighted by atomic mass is 10.2. The zero-order chi connectivity index (χ0) is 26.4. The number of benzene rings is 3. The summed E-state index contributed by atoms with van der Waals surface area (Å²) in [7, 11) is 0. The van der Waals surface area contributed by atoms with Crippen LogP contribution in [0.15, 0.2) is 75.0 Å². The number of nitrogens with one attached hydrogen (secondary N) is 1. The van der Waals surface area contributed by atoms with E-state index in [0.717, 1.165) is 4.47 Å². The topological polar surface area (TPSA) is 94.8 Å². The molecule has 4 rings (SSSR count). The van der Waals surface area contributed by atoms with Crippen molar-refractivity contribution >= 4 is 44.6 Å². The normalized spacial score (nSPS) is 11.1. The molecule has 0 radical (unpaired) electrons. The standard InChI is InChI=1S/C27H24BrFN4O4/c1-3-25-32-22-11-6-18(28)14-21(22)27(35)33(25)30-15-17-5-12-23(24(13-17)36-4-2)37-16-26(34)31-20-9-7-19(29)8-10-20/h5-15H,3-4,16H2,1-2H3,(H,31,34). The van der Waals surface area contributed by atoms with Crippen LogP contribution in [-0.2, 0) is 11.2 Å². The van der Waals surface area contributed by atoms with E-state index < -0.39 is 5.91 Å². The molecule has 0 bridgehead atoms. The fourth-order valence-electron chi connectivity index (χ4n) is 3.53. The first-order valence-electron chi connectivity index (χ1n) is 11.6. The van der Waals surface area contributed by atoms with Crippen LogP contribution in [0.3, 0.4) is 0 Å². The third kappa shape index (κ3) is 6.39. The van der Waals surface area contributed by atoms with Crippen LogP contribution in [0.4, 0.5) is 10.1 Å². The van der Waals surface area contributed by atoms with Crippen molar-refractivity contribution in [3.05, 3.63) is 92.7 Å². The number of amides is 1. The molecule has 37 heavy (non-hydrogen) atoms. The van der Waals surface area contributed by atoms with E-state index in [9.17, 15) is 14.0 Å². The lowest BCUT2D eigenvalue weighted by Gasteiger charge is -2.13. The summed E-state index contributed by atoms with van der Waals surface area (Å²) in [5.74, 6) is 0.538. The van der Waals surface area contributed by atoms with Crippen LogP contribution < -0.4 is 20.3 Å². The maximum absolute atomic E-state index is 13.1. The highest BCUT2D eigenvalue weighted by atomic mass is 79.9. The summed E-state index contributed by atoms with van der Waals surface area (Å²) in [6.07, 6.45) is 2.06. The van der Waals surface area contributed by atoms with Gasteiger partial charge in [-0.05, 0) is 73.2 Å². The number of aryl methyl sites for hydroxylation is 1. The Kier molecular flexibility index (Phi) is 8.29. The van der Waals surface area contributed by atoms with Gasteiger partial charge in [0.25, 0.3) is 11.5 Å². The first kappa shape index (κ1) is 26.0. The second-order valence-electron chi connectivity index (χ2n) is 7.89. The molecule has 0 saturated heterocycles. The van der Waals surface area contributed by atoms with Crippen molar-refractivity contribution in [2.24, 2.45) is 5.10 Å². The van der Waals surface area contributed by atoms with Gasteiger partial charge in [0.2, 0.25) is 0 Å². The van der Waals surface area contributed by atoms with E-state index in [-0.39, 0.29) is 18.0 Å². The van der Waals surface area contributed by atoms with Crippen LogP contribution in [0.2, 0.25) is 0 Å². The van der Waals surface area contributed by atoms with Crippen molar-refractivity contribution in [2.45, 2.75) is 20.3 Å². The number of nitrogens with zero attached hydrogens (tertiary/aromatic N) is 3. The lowest BCUT2D eigenvalue weighted by molar-refractivity contribution is -0.118. The molecule has 3 aromatic carbocycles. The molecule has 0 spiro atoms. The number of carbonyl (C=O) groups is 1. The second-order valence-corrected chi connectivity index (χ2v) is 8.80. The second kappa shape index (κ2) is 11.8. The maximum atomic E-state index is 13.1.